The highest BCUT2D eigenvalue weighted by Crippen LogP contribution is 2.20. The standard InChI is InChI=1S/C28H36N8O6/c1-17(2)12-21-27(39)30-18(3)26-32-25(19-8-6-5-7-9-19)33-36(26)15-23(37)29-10-11-35(24(38)16-41-4)14-20-13-22(34-42-20)28(40)31-21/h5-9,13,17-18,21H,10-12,14-16H2,1-4H3,(H,29,37)(H,30,39)(H,31,40)/t18-,21+/m0/s1. The Kier molecular flexibility index (Phi) is 10.0. The Morgan fingerprint density at radius 2 is 1.90 bits per heavy atom. The number of aromatic nitrogens is 4. The van der Waals surface area contributed by atoms with Gasteiger partial charge < -0.3 is 30.1 Å². The van der Waals surface area contributed by atoms with E-state index in [4.69, 9.17) is 9.26 Å². The van der Waals surface area contributed by atoms with Crippen LogP contribution < -0.4 is 16.0 Å². The molecule has 3 N–H and O–H groups in total. The Labute approximate surface area is 243 Å². The maximum absolute atomic E-state index is 13.4. The van der Waals surface area contributed by atoms with Gasteiger partial charge in [0, 0.05) is 31.8 Å². The second kappa shape index (κ2) is 13.9. The maximum Gasteiger partial charge on any atom is 0.274 e. The van der Waals surface area contributed by atoms with Crippen LogP contribution in [0.25, 0.3) is 11.4 Å². The van der Waals surface area contributed by atoms with E-state index in [9.17, 15) is 19.2 Å². The van der Waals surface area contributed by atoms with Crippen LogP contribution in [0.5, 0.6) is 0 Å². The second-order valence-corrected chi connectivity index (χ2v) is 10.5. The van der Waals surface area contributed by atoms with Crippen LogP contribution in [0.15, 0.2) is 40.9 Å². The van der Waals surface area contributed by atoms with Crippen molar-refractivity contribution in [2.45, 2.75) is 52.4 Å². The molecule has 0 saturated carbocycles. The van der Waals surface area contributed by atoms with E-state index < -0.39 is 23.9 Å². The van der Waals surface area contributed by atoms with E-state index in [1.165, 1.54) is 22.8 Å². The van der Waals surface area contributed by atoms with E-state index >= 15 is 0 Å². The number of carbonyl (C=O) groups is 4. The average molecular weight is 581 g/mol. The summed E-state index contributed by atoms with van der Waals surface area (Å²) < 4.78 is 11.8. The molecule has 0 radical (unpaired) electrons. The molecule has 2 bridgehead atoms. The van der Waals surface area contributed by atoms with Crippen molar-refractivity contribution in [2.24, 2.45) is 5.92 Å². The number of hydrogen-bond donors (Lipinski definition) is 3. The first-order valence-corrected chi connectivity index (χ1v) is 13.7. The van der Waals surface area contributed by atoms with Crippen LogP contribution in [-0.2, 0) is 32.2 Å². The third kappa shape index (κ3) is 7.78. The summed E-state index contributed by atoms with van der Waals surface area (Å²) in [7, 11) is 1.41. The number of carbonyl (C=O) groups excluding carboxylic acids is 4. The fourth-order valence-electron chi connectivity index (χ4n) is 4.53. The van der Waals surface area contributed by atoms with Crippen LogP contribution >= 0.6 is 0 Å². The van der Waals surface area contributed by atoms with E-state index in [2.05, 4.69) is 31.2 Å². The quantitative estimate of drug-likeness (QED) is 0.399. The average Bonchev–Trinajstić information content (AvgIpc) is 3.59. The first-order valence-electron chi connectivity index (χ1n) is 13.7. The highest BCUT2D eigenvalue weighted by Gasteiger charge is 2.28. The molecule has 2 aromatic heterocycles. The van der Waals surface area contributed by atoms with Crippen LogP contribution in [0.4, 0.5) is 0 Å². The molecule has 14 nitrogen and oxygen atoms in total. The normalized spacial score (nSPS) is 18.9. The van der Waals surface area contributed by atoms with Gasteiger partial charge in [-0.25, -0.2) is 9.67 Å². The Hall–Kier alpha value is -4.59. The Bertz CT molecular complexity index is 1400. The topological polar surface area (TPSA) is 174 Å². The predicted molar refractivity (Wildman–Crippen MR) is 150 cm³/mol. The van der Waals surface area contributed by atoms with Crippen LogP contribution in [-0.4, -0.2) is 81.3 Å². The summed E-state index contributed by atoms with van der Waals surface area (Å²) in [6.45, 7) is 5.56. The van der Waals surface area contributed by atoms with Gasteiger partial charge in [-0.1, -0.05) is 49.3 Å². The minimum Gasteiger partial charge on any atom is -0.375 e. The first-order chi connectivity index (χ1) is 20.1. The molecule has 42 heavy (non-hydrogen) atoms. The smallest absolute Gasteiger partial charge is 0.274 e. The zero-order valence-electron chi connectivity index (χ0n) is 24.1. The number of nitrogens with one attached hydrogen (secondary N) is 3. The lowest BCUT2D eigenvalue weighted by Crippen LogP contribution is -2.48. The molecule has 0 aliphatic carbocycles. The number of rotatable bonds is 5. The van der Waals surface area contributed by atoms with E-state index in [0.717, 1.165) is 5.56 Å². The molecule has 2 atom stereocenters. The summed E-state index contributed by atoms with van der Waals surface area (Å²) >= 11 is 0. The lowest BCUT2D eigenvalue weighted by molar-refractivity contribution is -0.136. The molecule has 1 aromatic carbocycles. The van der Waals surface area contributed by atoms with Crippen molar-refractivity contribution in [3.05, 3.63) is 53.7 Å². The molecule has 4 amide bonds. The minimum atomic E-state index is -0.882. The van der Waals surface area contributed by atoms with Crippen molar-refractivity contribution in [3.8, 4) is 11.4 Å². The van der Waals surface area contributed by atoms with Gasteiger partial charge in [-0.3, -0.25) is 19.2 Å². The molecule has 0 saturated heterocycles. The van der Waals surface area contributed by atoms with E-state index in [1.54, 1.807) is 6.92 Å². The molecule has 3 heterocycles. The largest absolute Gasteiger partial charge is 0.375 e. The number of hydrogen-bond acceptors (Lipinski definition) is 9. The lowest BCUT2D eigenvalue weighted by Gasteiger charge is -2.23. The zero-order valence-corrected chi connectivity index (χ0v) is 24.1. The van der Waals surface area contributed by atoms with Crippen molar-refractivity contribution < 1.29 is 28.4 Å². The fourth-order valence-corrected chi connectivity index (χ4v) is 4.53. The van der Waals surface area contributed by atoms with Gasteiger partial charge >= 0.3 is 0 Å². The first kappa shape index (κ1) is 30.4. The van der Waals surface area contributed by atoms with Gasteiger partial charge in [-0.2, -0.15) is 5.10 Å². The van der Waals surface area contributed by atoms with Crippen molar-refractivity contribution in [2.75, 3.05) is 26.8 Å². The van der Waals surface area contributed by atoms with Gasteiger partial charge in [0.1, 0.15) is 25.0 Å². The predicted octanol–water partition coefficient (Wildman–Crippen LogP) is 1.06. The molecule has 224 valence electrons. The third-order valence-electron chi connectivity index (χ3n) is 6.56. The van der Waals surface area contributed by atoms with Crippen LogP contribution in [0.3, 0.4) is 0 Å². The van der Waals surface area contributed by atoms with Gasteiger partial charge in [0.25, 0.3) is 5.91 Å². The molecular formula is C28H36N8O6. The van der Waals surface area contributed by atoms with Crippen molar-refractivity contribution in [1.29, 1.82) is 0 Å². The minimum absolute atomic E-state index is 0.000568. The number of nitrogens with zero attached hydrogens (tertiary/aromatic N) is 5. The number of ether oxygens (including phenoxy) is 1. The number of fused-ring (bicyclic) bond motifs is 3. The van der Waals surface area contributed by atoms with Crippen LogP contribution in [0, 0.1) is 5.92 Å². The van der Waals surface area contributed by atoms with E-state index in [-0.39, 0.29) is 62.0 Å². The summed E-state index contributed by atoms with van der Waals surface area (Å²) in [5.41, 5.74) is 0.722. The fraction of sp³-hybridized carbons (Fsp3) is 0.464. The highest BCUT2D eigenvalue weighted by atomic mass is 16.5. The van der Waals surface area contributed by atoms with Gasteiger partial charge in [0.05, 0.1) is 12.6 Å². The summed E-state index contributed by atoms with van der Waals surface area (Å²) in [5, 5.41) is 16.9. The molecular weight excluding hydrogens is 544 g/mol. The van der Waals surface area contributed by atoms with E-state index in [1.807, 2.05) is 44.2 Å². The molecule has 14 heteroatoms. The molecule has 0 fully saturated rings. The zero-order chi connectivity index (χ0) is 30.2. The number of amides is 4. The Morgan fingerprint density at radius 1 is 1.14 bits per heavy atom. The van der Waals surface area contributed by atoms with Gasteiger partial charge in [-0.15, -0.1) is 0 Å². The highest BCUT2D eigenvalue weighted by molar-refractivity contribution is 5.96. The Morgan fingerprint density at radius 3 is 2.62 bits per heavy atom. The third-order valence-corrected chi connectivity index (χ3v) is 6.56. The monoisotopic (exact) mass is 580 g/mol. The van der Waals surface area contributed by atoms with E-state index in [0.29, 0.717) is 18.1 Å². The van der Waals surface area contributed by atoms with Gasteiger partial charge in [-0.05, 0) is 19.3 Å². The second-order valence-electron chi connectivity index (χ2n) is 10.5. The summed E-state index contributed by atoms with van der Waals surface area (Å²) in [6.07, 6.45) is 0.360. The van der Waals surface area contributed by atoms with Crippen molar-refractivity contribution in [1.82, 2.24) is 40.8 Å². The summed E-state index contributed by atoms with van der Waals surface area (Å²) in [5.74, 6) is -0.595. The molecule has 0 unspecified atom stereocenters. The molecule has 4 rings (SSSR count). The van der Waals surface area contributed by atoms with Crippen molar-refractivity contribution >= 4 is 23.6 Å². The number of benzene rings is 1. The molecule has 0 spiro atoms. The SMILES string of the molecule is COCC(=O)N1CCNC(=O)Cn2nc(-c3ccccc3)nc2[C@H](C)NC(=O)[C@@H](CC(C)C)NC(=O)c2cc(on2)C1. The summed E-state index contributed by atoms with van der Waals surface area (Å²) in [4.78, 5) is 58.2. The van der Waals surface area contributed by atoms with Crippen LogP contribution in [0.2, 0.25) is 0 Å². The Balaban J connectivity index is 1.68. The number of methoxy groups -OCH3 is 1. The molecule has 1 aliphatic heterocycles. The van der Waals surface area contributed by atoms with Gasteiger partial charge in [0.15, 0.2) is 17.3 Å². The molecule has 1 aliphatic rings. The van der Waals surface area contributed by atoms with Crippen LogP contribution in [0.1, 0.15) is 55.3 Å². The molecule has 3 aromatic rings. The van der Waals surface area contributed by atoms with Gasteiger partial charge in [0.2, 0.25) is 17.7 Å². The maximum atomic E-state index is 13.4. The lowest BCUT2D eigenvalue weighted by atomic mass is 10.0. The summed E-state index contributed by atoms with van der Waals surface area (Å²) in [6, 6.07) is 9.17. The van der Waals surface area contributed by atoms with Crippen molar-refractivity contribution in [3.63, 3.8) is 0 Å².